The van der Waals surface area contributed by atoms with Crippen LogP contribution in [0.1, 0.15) is 44.9 Å². The van der Waals surface area contributed by atoms with Crippen molar-refractivity contribution < 1.29 is 9.59 Å². The third kappa shape index (κ3) is 3.05. The van der Waals surface area contributed by atoms with Crippen LogP contribution >= 0.6 is 11.3 Å². The fourth-order valence-corrected chi connectivity index (χ4v) is 3.13. The molecule has 3 nitrogen and oxygen atoms in total. The van der Waals surface area contributed by atoms with E-state index >= 15 is 0 Å². The third-order valence-corrected chi connectivity index (χ3v) is 4.81. The van der Waals surface area contributed by atoms with Gasteiger partial charge in [-0.1, -0.05) is 30.7 Å². The van der Waals surface area contributed by atoms with Crippen molar-refractivity contribution in [3.8, 4) is 0 Å². The molecule has 1 amide bonds. The van der Waals surface area contributed by atoms with Gasteiger partial charge < -0.3 is 5.32 Å². The number of benzene rings is 1. The molecule has 0 atom stereocenters. The Balaban J connectivity index is 1.78. The Bertz CT molecular complexity index is 645. The second kappa shape index (κ2) is 6.22. The molecule has 21 heavy (non-hydrogen) atoms. The summed E-state index contributed by atoms with van der Waals surface area (Å²) < 4.78 is 0. The van der Waals surface area contributed by atoms with Gasteiger partial charge in [0.1, 0.15) is 0 Å². The summed E-state index contributed by atoms with van der Waals surface area (Å²) in [5.74, 6) is 0.371. The number of carbonyl (C=O) groups excluding carboxylic acids is 2. The summed E-state index contributed by atoms with van der Waals surface area (Å²) in [5, 5.41) is 4.82. The van der Waals surface area contributed by atoms with Crippen molar-refractivity contribution >= 4 is 23.0 Å². The molecule has 1 aliphatic carbocycles. The van der Waals surface area contributed by atoms with E-state index in [2.05, 4.69) is 5.32 Å². The summed E-state index contributed by atoms with van der Waals surface area (Å²) in [6.45, 7) is 0.709. The summed E-state index contributed by atoms with van der Waals surface area (Å²) in [6, 6.07) is 10.7. The molecule has 0 radical (unpaired) electrons. The van der Waals surface area contributed by atoms with Gasteiger partial charge in [0.25, 0.3) is 5.91 Å². The number of rotatable bonds is 5. The van der Waals surface area contributed by atoms with Gasteiger partial charge >= 0.3 is 0 Å². The quantitative estimate of drug-likeness (QED) is 0.859. The molecule has 4 heteroatoms. The van der Waals surface area contributed by atoms with Crippen LogP contribution < -0.4 is 5.32 Å². The molecule has 1 saturated carbocycles. The van der Waals surface area contributed by atoms with Gasteiger partial charge in [0.15, 0.2) is 0 Å². The molecular formula is C17H17NO2S. The monoisotopic (exact) mass is 299 g/mol. The first kappa shape index (κ1) is 14.0. The smallest absolute Gasteiger partial charge is 0.252 e. The maximum absolute atomic E-state index is 12.5. The van der Waals surface area contributed by atoms with Crippen LogP contribution in [0.4, 0.5) is 0 Å². The first-order valence-electron chi connectivity index (χ1n) is 7.21. The molecule has 1 fully saturated rings. The fraction of sp³-hybridized carbons (Fsp3) is 0.294. The fourth-order valence-electron chi connectivity index (χ4n) is 2.45. The lowest BCUT2D eigenvalue weighted by atomic mass is 9.85. The van der Waals surface area contributed by atoms with Crippen molar-refractivity contribution in [3.63, 3.8) is 0 Å². The van der Waals surface area contributed by atoms with E-state index in [0.717, 1.165) is 0 Å². The number of ketones is 1. The molecule has 0 spiro atoms. The average Bonchev–Trinajstić information content (AvgIpc) is 2.99. The first-order valence-corrected chi connectivity index (χ1v) is 8.09. The molecule has 1 aromatic carbocycles. The molecule has 108 valence electrons. The van der Waals surface area contributed by atoms with Crippen LogP contribution in [0, 0.1) is 5.92 Å². The summed E-state index contributed by atoms with van der Waals surface area (Å²) in [5.41, 5.74) is 0.946. The molecule has 1 aliphatic rings. The van der Waals surface area contributed by atoms with E-state index in [1.807, 2.05) is 11.4 Å². The molecule has 0 saturated heterocycles. The Kier molecular flexibility index (Phi) is 4.15. The number of nitrogens with one attached hydrogen (secondary N) is 1. The molecular weight excluding hydrogens is 282 g/mol. The lowest BCUT2D eigenvalue weighted by Gasteiger charge is -2.25. The molecule has 0 unspecified atom stereocenters. The zero-order chi connectivity index (χ0) is 14.7. The van der Waals surface area contributed by atoms with Gasteiger partial charge in [-0.3, -0.25) is 9.59 Å². The van der Waals surface area contributed by atoms with Crippen LogP contribution in [0.15, 0.2) is 41.8 Å². The number of amides is 1. The lowest BCUT2D eigenvalue weighted by Crippen LogP contribution is -2.33. The van der Waals surface area contributed by atoms with E-state index in [1.165, 1.54) is 30.6 Å². The van der Waals surface area contributed by atoms with Gasteiger partial charge in [-0.2, -0.15) is 0 Å². The van der Waals surface area contributed by atoms with E-state index in [4.69, 9.17) is 0 Å². The van der Waals surface area contributed by atoms with Gasteiger partial charge in [-0.15, -0.1) is 11.3 Å². The zero-order valence-corrected chi connectivity index (χ0v) is 12.5. The van der Waals surface area contributed by atoms with E-state index in [-0.39, 0.29) is 11.7 Å². The average molecular weight is 299 g/mol. The number of thiophene rings is 1. The Morgan fingerprint density at radius 2 is 1.86 bits per heavy atom. The minimum Gasteiger partial charge on any atom is -0.352 e. The van der Waals surface area contributed by atoms with Crippen molar-refractivity contribution in [2.75, 3.05) is 6.54 Å². The summed E-state index contributed by atoms with van der Waals surface area (Å²) in [7, 11) is 0. The SMILES string of the molecule is O=C(NCC1CCC1)c1ccccc1C(=O)c1cccs1. The van der Waals surface area contributed by atoms with Gasteiger partial charge in [0.05, 0.1) is 10.4 Å². The van der Waals surface area contributed by atoms with Crippen LogP contribution in [-0.2, 0) is 0 Å². The maximum atomic E-state index is 12.5. The van der Waals surface area contributed by atoms with Gasteiger partial charge in [0.2, 0.25) is 5.78 Å². The molecule has 1 heterocycles. The highest BCUT2D eigenvalue weighted by Gasteiger charge is 2.21. The highest BCUT2D eigenvalue weighted by molar-refractivity contribution is 7.12. The minimum absolute atomic E-state index is 0.0839. The Morgan fingerprint density at radius 1 is 1.10 bits per heavy atom. The van der Waals surface area contributed by atoms with Gasteiger partial charge in [-0.05, 0) is 36.3 Å². The van der Waals surface area contributed by atoms with Gasteiger partial charge in [0, 0.05) is 12.1 Å². The summed E-state index contributed by atoms with van der Waals surface area (Å²) in [4.78, 5) is 25.5. The third-order valence-electron chi connectivity index (χ3n) is 3.94. The van der Waals surface area contributed by atoms with Crippen LogP contribution in [0.2, 0.25) is 0 Å². The van der Waals surface area contributed by atoms with Gasteiger partial charge in [-0.25, -0.2) is 0 Å². The summed E-state index contributed by atoms with van der Waals surface area (Å²) >= 11 is 1.40. The van der Waals surface area contributed by atoms with Crippen molar-refractivity contribution in [2.24, 2.45) is 5.92 Å². The van der Waals surface area contributed by atoms with E-state index < -0.39 is 0 Å². The molecule has 1 aromatic heterocycles. The Morgan fingerprint density at radius 3 is 2.48 bits per heavy atom. The van der Waals surface area contributed by atoms with Crippen molar-refractivity contribution in [1.82, 2.24) is 5.32 Å². The Labute approximate surface area is 128 Å². The number of hydrogen-bond acceptors (Lipinski definition) is 3. The molecule has 0 aliphatic heterocycles. The molecule has 2 aromatic rings. The molecule has 1 N–H and O–H groups in total. The predicted octanol–water partition coefficient (Wildman–Crippen LogP) is 3.51. The van der Waals surface area contributed by atoms with Crippen LogP contribution in [0.3, 0.4) is 0 Å². The zero-order valence-electron chi connectivity index (χ0n) is 11.7. The van der Waals surface area contributed by atoms with E-state index in [9.17, 15) is 9.59 Å². The Hall–Kier alpha value is -1.94. The second-order valence-electron chi connectivity index (χ2n) is 5.36. The minimum atomic E-state index is -0.151. The number of hydrogen-bond donors (Lipinski definition) is 1. The van der Waals surface area contributed by atoms with Crippen molar-refractivity contribution in [2.45, 2.75) is 19.3 Å². The predicted molar refractivity (Wildman–Crippen MR) is 83.9 cm³/mol. The maximum Gasteiger partial charge on any atom is 0.252 e. The number of carbonyl (C=O) groups is 2. The highest BCUT2D eigenvalue weighted by atomic mass is 32.1. The lowest BCUT2D eigenvalue weighted by molar-refractivity contribution is 0.0929. The topological polar surface area (TPSA) is 46.2 Å². The highest BCUT2D eigenvalue weighted by Crippen LogP contribution is 2.25. The first-order chi connectivity index (χ1) is 10.3. The van der Waals surface area contributed by atoms with Crippen molar-refractivity contribution in [1.29, 1.82) is 0 Å². The summed E-state index contributed by atoms with van der Waals surface area (Å²) in [6.07, 6.45) is 3.64. The van der Waals surface area contributed by atoms with Crippen molar-refractivity contribution in [3.05, 3.63) is 57.8 Å². The van der Waals surface area contributed by atoms with E-state index in [1.54, 1.807) is 30.3 Å². The molecule has 3 rings (SSSR count). The van der Waals surface area contributed by atoms with Crippen LogP contribution in [0.25, 0.3) is 0 Å². The van der Waals surface area contributed by atoms with Crippen LogP contribution in [0.5, 0.6) is 0 Å². The van der Waals surface area contributed by atoms with E-state index in [0.29, 0.717) is 28.5 Å². The second-order valence-corrected chi connectivity index (χ2v) is 6.31. The standard InChI is InChI=1S/C17H17NO2S/c19-16(15-9-4-10-21-15)13-7-1-2-8-14(13)17(20)18-11-12-5-3-6-12/h1-2,4,7-10,12H,3,5-6,11H2,(H,18,20). The van der Waals surface area contributed by atoms with Crippen LogP contribution in [-0.4, -0.2) is 18.2 Å². The normalized spacial score (nSPS) is 14.5. The largest absolute Gasteiger partial charge is 0.352 e. The molecule has 0 bridgehead atoms.